The van der Waals surface area contributed by atoms with Crippen molar-refractivity contribution in [3.63, 3.8) is 0 Å². The standard InChI is InChI=1S/C13H26N2O2/c1-4-6-13(7-5-8-14-10-13)12(16)15-17-9-11(2)3/h11,14H,4-10H2,1-3H3,(H,15,16). The van der Waals surface area contributed by atoms with Gasteiger partial charge in [-0.3, -0.25) is 9.63 Å². The summed E-state index contributed by atoms with van der Waals surface area (Å²) >= 11 is 0. The highest BCUT2D eigenvalue weighted by atomic mass is 16.7. The molecule has 1 heterocycles. The van der Waals surface area contributed by atoms with Crippen LogP contribution in [0.2, 0.25) is 0 Å². The molecular weight excluding hydrogens is 216 g/mol. The van der Waals surface area contributed by atoms with Gasteiger partial charge in [0.1, 0.15) is 0 Å². The molecule has 1 amide bonds. The first-order valence-corrected chi connectivity index (χ1v) is 6.73. The molecule has 0 saturated carbocycles. The van der Waals surface area contributed by atoms with Crippen LogP contribution in [0, 0.1) is 11.3 Å². The van der Waals surface area contributed by atoms with Crippen LogP contribution >= 0.6 is 0 Å². The van der Waals surface area contributed by atoms with Crippen molar-refractivity contribution in [2.45, 2.75) is 46.5 Å². The van der Waals surface area contributed by atoms with Crippen LogP contribution in [0.5, 0.6) is 0 Å². The highest BCUT2D eigenvalue weighted by molar-refractivity contribution is 5.82. The number of nitrogens with one attached hydrogen (secondary N) is 2. The smallest absolute Gasteiger partial charge is 0.251 e. The highest BCUT2D eigenvalue weighted by Gasteiger charge is 2.38. The number of rotatable bonds is 6. The number of carbonyl (C=O) groups excluding carboxylic acids is 1. The summed E-state index contributed by atoms with van der Waals surface area (Å²) in [6, 6.07) is 0. The fraction of sp³-hybridized carbons (Fsp3) is 0.923. The largest absolute Gasteiger partial charge is 0.316 e. The van der Waals surface area contributed by atoms with Crippen LogP contribution in [0.25, 0.3) is 0 Å². The first kappa shape index (κ1) is 14.5. The highest BCUT2D eigenvalue weighted by Crippen LogP contribution is 2.31. The van der Waals surface area contributed by atoms with Gasteiger partial charge in [-0.1, -0.05) is 27.2 Å². The van der Waals surface area contributed by atoms with Gasteiger partial charge in [-0.25, -0.2) is 5.48 Å². The van der Waals surface area contributed by atoms with Gasteiger partial charge in [0.15, 0.2) is 0 Å². The van der Waals surface area contributed by atoms with Gasteiger partial charge in [-0.05, 0) is 31.7 Å². The van der Waals surface area contributed by atoms with Crippen molar-refractivity contribution >= 4 is 5.91 Å². The number of piperidine rings is 1. The third kappa shape index (κ3) is 4.28. The fourth-order valence-electron chi connectivity index (χ4n) is 2.35. The Hall–Kier alpha value is -0.610. The van der Waals surface area contributed by atoms with E-state index in [9.17, 15) is 4.79 Å². The third-order valence-electron chi connectivity index (χ3n) is 3.26. The average Bonchev–Trinajstić information content (AvgIpc) is 2.30. The Bertz CT molecular complexity index is 230. The van der Waals surface area contributed by atoms with Gasteiger partial charge in [-0.15, -0.1) is 0 Å². The van der Waals surface area contributed by atoms with E-state index in [0.717, 1.165) is 38.8 Å². The molecule has 0 bridgehead atoms. The van der Waals surface area contributed by atoms with Crippen LogP contribution in [0.15, 0.2) is 0 Å². The molecule has 4 heteroatoms. The first-order valence-electron chi connectivity index (χ1n) is 6.73. The predicted molar refractivity (Wildman–Crippen MR) is 68.4 cm³/mol. The van der Waals surface area contributed by atoms with Gasteiger partial charge in [0.05, 0.1) is 12.0 Å². The van der Waals surface area contributed by atoms with Crippen LogP contribution in [0.1, 0.15) is 46.5 Å². The van der Waals surface area contributed by atoms with Crippen LogP contribution in [0.3, 0.4) is 0 Å². The molecule has 1 atom stereocenters. The van der Waals surface area contributed by atoms with Crippen LogP contribution < -0.4 is 10.8 Å². The molecule has 0 aliphatic carbocycles. The van der Waals surface area contributed by atoms with E-state index < -0.39 is 0 Å². The normalized spacial score (nSPS) is 24.9. The van der Waals surface area contributed by atoms with Crippen LogP contribution in [-0.4, -0.2) is 25.6 Å². The Morgan fingerprint density at radius 3 is 2.82 bits per heavy atom. The molecule has 2 N–H and O–H groups in total. The number of hydroxylamine groups is 1. The van der Waals surface area contributed by atoms with Gasteiger partial charge in [-0.2, -0.15) is 0 Å². The Morgan fingerprint density at radius 2 is 2.29 bits per heavy atom. The minimum absolute atomic E-state index is 0.0483. The molecule has 4 nitrogen and oxygen atoms in total. The summed E-state index contributed by atoms with van der Waals surface area (Å²) in [7, 11) is 0. The van der Waals surface area contributed by atoms with Gasteiger partial charge < -0.3 is 5.32 Å². The Kier molecular flexibility index (Phi) is 5.92. The summed E-state index contributed by atoms with van der Waals surface area (Å²) in [4.78, 5) is 17.5. The second-order valence-electron chi connectivity index (χ2n) is 5.45. The van der Waals surface area contributed by atoms with Crippen molar-refractivity contribution in [2.24, 2.45) is 11.3 Å². The van der Waals surface area contributed by atoms with E-state index in [1.54, 1.807) is 0 Å². The van der Waals surface area contributed by atoms with E-state index in [1.165, 1.54) is 0 Å². The maximum Gasteiger partial charge on any atom is 0.251 e. The van der Waals surface area contributed by atoms with E-state index in [2.05, 4.69) is 31.6 Å². The summed E-state index contributed by atoms with van der Waals surface area (Å²) < 4.78 is 0. The summed E-state index contributed by atoms with van der Waals surface area (Å²) in [6.45, 7) is 8.62. The van der Waals surface area contributed by atoms with E-state index in [0.29, 0.717) is 12.5 Å². The minimum atomic E-state index is -0.260. The van der Waals surface area contributed by atoms with Crippen LogP contribution in [0.4, 0.5) is 0 Å². The van der Waals surface area contributed by atoms with Gasteiger partial charge in [0.25, 0.3) is 5.91 Å². The average molecular weight is 242 g/mol. The van der Waals surface area contributed by atoms with Crippen molar-refractivity contribution < 1.29 is 9.63 Å². The maximum absolute atomic E-state index is 12.2. The lowest BCUT2D eigenvalue weighted by Crippen LogP contribution is -2.50. The molecule has 1 saturated heterocycles. The van der Waals surface area contributed by atoms with E-state index in [-0.39, 0.29) is 11.3 Å². The zero-order chi connectivity index (χ0) is 12.7. The predicted octanol–water partition coefficient (Wildman–Crippen LogP) is 1.86. The third-order valence-corrected chi connectivity index (χ3v) is 3.26. The molecule has 1 unspecified atom stereocenters. The van der Waals surface area contributed by atoms with E-state index in [1.807, 2.05) is 0 Å². The first-order chi connectivity index (χ1) is 8.10. The van der Waals surface area contributed by atoms with Crippen molar-refractivity contribution in [3.05, 3.63) is 0 Å². The molecular formula is C13H26N2O2. The second kappa shape index (κ2) is 6.97. The van der Waals surface area contributed by atoms with Gasteiger partial charge in [0.2, 0.25) is 0 Å². The molecule has 17 heavy (non-hydrogen) atoms. The SMILES string of the molecule is CCCC1(C(=O)NOCC(C)C)CCCNC1. The lowest BCUT2D eigenvalue weighted by Gasteiger charge is -2.35. The molecule has 0 aromatic carbocycles. The monoisotopic (exact) mass is 242 g/mol. The van der Waals surface area contributed by atoms with Crippen LogP contribution in [-0.2, 0) is 9.63 Å². The Balaban J connectivity index is 2.48. The van der Waals surface area contributed by atoms with E-state index in [4.69, 9.17) is 4.84 Å². The number of hydrogen-bond acceptors (Lipinski definition) is 3. The summed E-state index contributed by atoms with van der Waals surface area (Å²) in [5.41, 5.74) is 2.37. The molecule has 0 radical (unpaired) electrons. The van der Waals surface area contributed by atoms with Gasteiger partial charge >= 0.3 is 0 Å². The van der Waals surface area contributed by atoms with Crippen molar-refractivity contribution in [3.8, 4) is 0 Å². The maximum atomic E-state index is 12.2. The van der Waals surface area contributed by atoms with Crippen molar-refractivity contribution in [1.29, 1.82) is 0 Å². The zero-order valence-corrected chi connectivity index (χ0v) is 11.3. The molecule has 1 aliphatic rings. The Labute approximate surface area is 104 Å². The summed E-state index contributed by atoms with van der Waals surface area (Å²) in [6.07, 6.45) is 3.98. The van der Waals surface area contributed by atoms with Crippen molar-refractivity contribution in [2.75, 3.05) is 19.7 Å². The molecule has 1 rings (SSSR count). The number of hydrogen-bond donors (Lipinski definition) is 2. The number of carbonyl (C=O) groups is 1. The molecule has 0 spiro atoms. The summed E-state index contributed by atoms with van der Waals surface area (Å²) in [5.74, 6) is 0.481. The molecule has 1 aliphatic heterocycles. The quantitative estimate of drug-likeness (QED) is 0.699. The zero-order valence-electron chi connectivity index (χ0n) is 11.3. The molecule has 0 aromatic rings. The second-order valence-corrected chi connectivity index (χ2v) is 5.45. The molecule has 1 fully saturated rings. The lowest BCUT2D eigenvalue weighted by atomic mass is 9.76. The minimum Gasteiger partial charge on any atom is -0.316 e. The topological polar surface area (TPSA) is 50.4 Å². The molecule has 100 valence electrons. The van der Waals surface area contributed by atoms with Gasteiger partial charge in [0, 0.05) is 6.54 Å². The summed E-state index contributed by atoms with van der Waals surface area (Å²) in [5, 5.41) is 3.32. The number of amides is 1. The fourth-order valence-corrected chi connectivity index (χ4v) is 2.35. The lowest BCUT2D eigenvalue weighted by molar-refractivity contribution is -0.146. The molecule has 0 aromatic heterocycles. The van der Waals surface area contributed by atoms with Crippen molar-refractivity contribution in [1.82, 2.24) is 10.8 Å². The van der Waals surface area contributed by atoms with E-state index >= 15 is 0 Å². The Morgan fingerprint density at radius 1 is 1.53 bits per heavy atom.